The fourth-order valence-electron chi connectivity index (χ4n) is 1.38. The SMILES string of the molecule is COC(=O)C(N=Cc1cccc(Br)c1)C(C)C. The van der Waals surface area contributed by atoms with E-state index in [1.165, 1.54) is 7.11 Å². The van der Waals surface area contributed by atoms with Crippen LogP contribution in [0, 0.1) is 5.92 Å². The number of esters is 1. The van der Waals surface area contributed by atoms with Gasteiger partial charge in [0.25, 0.3) is 0 Å². The molecule has 1 aromatic carbocycles. The number of carbonyl (C=O) groups is 1. The van der Waals surface area contributed by atoms with Crippen molar-refractivity contribution in [2.24, 2.45) is 10.9 Å². The Kier molecular flexibility index (Phi) is 5.35. The van der Waals surface area contributed by atoms with Gasteiger partial charge in [0.1, 0.15) is 6.04 Å². The van der Waals surface area contributed by atoms with Crippen molar-refractivity contribution in [1.82, 2.24) is 0 Å². The molecule has 0 saturated heterocycles. The van der Waals surface area contributed by atoms with Crippen LogP contribution < -0.4 is 0 Å². The fourth-order valence-corrected chi connectivity index (χ4v) is 1.80. The number of hydrogen-bond donors (Lipinski definition) is 0. The van der Waals surface area contributed by atoms with E-state index in [2.05, 4.69) is 20.9 Å². The van der Waals surface area contributed by atoms with Gasteiger partial charge < -0.3 is 4.74 Å². The van der Waals surface area contributed by atoms with E-state index >= 15 is 0 Å². The quantitative estimate of drug-likeness (QED) is 0.633. The lowest BCUT2D eigenvalue weighted by atomic mass is 10.1. The van der Waals surface area contributed by atoms with Crippen molar-refractivity contribution in [3.8, 4) is 0 Å². The zero-order valence-electron chi connectivity index (χ0n) is 10.2. The van der Waals surface area contributed by atoms with Crippen LogP contribution in [-0.2, 0) is 9.53 Å². The summed E-state index contributed by atoms with van der Waals surface area (Å²) in [6.45, 7) is 3.89. The molecule has 0 N–H and O–H groups in total. The van der Waals surface area contributed by atoms with Gasteiger partial charge in [-0.05, 0) is 23.6 Å². The molecule has 3 nitrogen and oxygen atoms in total. The minimum Gasteiger partial charge on any atom is -0.467 e. The first-order valence-electron chi connectivity index (χ1n) is 5.41. The Bertz CT molecular complexity index is 416. The molecule has 4 heteroatoms. The first-order chi connectivity index (χ1) is 8.04. The number of aliphatic imine (C=N–C) groups is 1. The second kappa shape index (κ2) is 6.55. The van der Waals surface area contributed by atoms with Gasteiger partial charge in [0.05, 0.1) is 7.11 Å². The van der Waals surface area contributed by atoms with E-state index in [9.17, 15) is 4.79 Å². The van der Waals surface area contributed by atoms with Crippen LogP contribution in [0.3, 0.4) is 0 Å². The highest BCUT2D eigenvalue weighted by Gasteiger charge is 2.20. The average Bonchev–Trinajstić information content (AvgIpc) is 2.28. The number of methoxy groups -OCH3 is 1. The third kappa shape index (κ3) is 4.30. The van der Waals surface area contributed by atoms with Gasteiger partial charge in [-0.2, -0.15) is 0 Å². The molecule has 1 aromatic rings. The van der Waals surface area contributed by atoms with Gasteiger partial charge in [-0.1, -0.05) is 41.9 Å². The Morgan fingerprint density at radius 1 is 1.47 bits per heavy atom. The number of carbonyl (C=O) groups excluding carboxylic acids is 1. The maximum atomic E-state index is 11.5. The van der Waals surface area contributed by atoms with Gasteiger partial charge in [0.2, 0.25) is 0 Å². The molecule has 0 aliphatic carbocycles. The van der Waals surface area contributed by atoms with Gasteiger partial charge in [0.15, 0.2) is 0 Å². The molecule has 0 fully saturated rings. The van der Waals surface area contributed by atoms with Crippen LogP contribution >= 0.6 is 15.9 Å². The Morgan fingerprint density at radius 3 is 2.71 bits per heavy atom. The summed E-state index contributed by atoms with van der Waals surface area (Å²) in [5.41, 5.74) is 0.953. The second-order valence-corrected chi connectivity index (χ2v) is 4.96. The lowest BCUT2D eigenvalue weighted by molar-refractivity contribution is -0.143. The number of nitrogens with zero attached hydrogens (tertiary/aromatic N) is 1. The first kappa shape index (κ1) is 13.9. The van der Waals surface area contributed by atoms with Crippen molar-refractivity contribution in [1.29, 1.82) is 0 Å². The van der Waals surface area contributed by atoms with Crippen LogP contribution in [0.4, 0.5) is 0 Å². The van der Waals surface area contributed by atoms with Crippen molar-refractivity contribution in [2.75, 3.05) is 7.11 Å². The average molecular weight is 298 g/mol. The normalized spacial score (nSPS) is 13.0. The van der Waals surface area contributed by atoms with Gasteiger partial charge in [0, 0.05) is 10.7 Å². The number of halogens is 1. The highest BCUT2D eigenvalue weighted by atomic mass is 79.9. The Morgan fingerprint density at radius 2 is 2.18 bits per heavy atom. The Balaban J connectivity index is 2.83. The lowest BCUT2D eigenvalue weighted by Crippen LogP contribution is -2.25. The van der Waals surface area contributed by atoms with Crippen LogP contribution in [-0.4, -0.2) is 25.3 Å². The van der Waals surface area contributed by atoms with Crippen molar-refractivity contribution in [3.05, 3.63) is 34.3 Å². The number of hydrogen-bond acceptors (Lipinski definition) is 3. The molecule has 1 rings (SSSR count). The summed E-state index contributed by atoms with van der Waals surface area (Å²) in [5.74, 6) is -0.183. The van der Waals surface area contributed by atoms with E-state index in [-0.39, 0.29) is 11.9 Å². The van der Waals surface area contributed by atoms with Crippen molar-refractivity contribution in [2.45, 2.75) is 19.9 Å². The highest BCUT2D eigenvalue weighted by Crippen LogP contribution is 2.12. The van der Waals surface area contributed by atoms with Crippen molar-refractivity contribution < 1.29 is 9.53 Å². The summed E-state index contributed by atoms with van der Waals surface area (Å²) >= 11 is 3.39. The zero-order valence-corrected chi connectivity index (χ0v) is 11.8. The molecule has 0 aromatic heterocycles. The lowest BCUT2D eigenvalue weighted by Gasteiger charge is -2.13. The topological polar surface area (TPSA) is 38.7 Å². The van der Waals surface area contributed by atoms with Crippen LogP contribution in [0.15, 0.2) is 33.7 Å². The molecule has 0 saturated carbocycles. The standard InChI is InChI=1S/C13H16BrNO2/c1-9(2)12(13(16)17-3)15-8-10-5-4-6-11(14)7-10/h4-9,12H,1-3H3. The third-order valence-corrected chi connectivity index (χ3v) is 2.80. The summed E-state index contributed by atoms with van der Waals surface area (Å²) in [6, 6.07) is 7.30. The molecule has 0 amide bonds. The maximum absolute atomic E-state index is 11.5. The molecule has 0 spiro atoms. The first-order valence-corrected chi connectivity index (χ1v) is 6.20. The van der Waals surface area contributed by atoms with Gasteiger partial charge >= 0.3 is 5.97 Å². The predicted molar refractivity (Wildman–Crippen MR) is 72.4 cm³/mol. The molecule has 0 aliphatic rings. The minimum atomic E-state index is -0.445. The molecule has 0 radical (unpaired) electrons. The molecule has 0 heterocycles. The van der Waals surface area contributed by atoms with E-state index in [1.807, 2.05) is 38.1 Å². The van der Waals surface area contributed by atoms with E-state index in [0.29, 0.717) is 0 Å². The molecule has 0 aliphatic heterocycles. The monoisotopic (exact) mass is 297 g/mol. The van der Waals surface area contributed by atoms with E-state index in [1.54, 1.807) is 6.21 Å². The number of rotatable bonds is 4. The van der Waals surface area contributed by atoms with E-state index < -0.39 is 6.04 Å². The zero-order chi connectivity index (χ0) is 12.8. The molecule has 1 atom stereocenters. The Hall–Kier alpha value is -1.16. The van der Waals surface area contributed by atoms with Crippen LogP contribution in [0.1, 0.15) is 19.4 Å². The molecule has 0 bridgehead atoms. The molecular weight excluding hydrogens is 282 g/mol. The molecular formula is C13H16BrNO2. The number of ether oxygens (including phenoxy) is 1. The summed E-state index contributed by atoms with van der Waals surface area (Å²) in [7, 11) is 1.38. The van der Waals surface area contributed by atoms with Crippen LogP contribution in [0.25, 0.3) is 0 Å². The second-order valence-electron chi connectivity index (χ2n) is 4.05. The van der Waals surface area contributed by atoms with Gasteiger partial charge in [-0.15, -0.1) is 0 Å². The fraction of sp³-hybridized carbons (Fsp3) is 0.385. The molecule has 17 heavy (non-hydrogen) atoms. The predicted octanol–water partition coefficient (Wildman–Crippen LogP) is 3.07. The van der Waals surface area contributed by atoms with Crippen LogP contribution in [0.2, 0.25) is 0 Å². The smallest absolute Gasteiger partial charge is 0.330 e. The minimum absolute atomic E-state index is 0.117. The van der Waals surface area contributed by atoms with Gasteiger partial charge in [-0.3, -0.25) is 4.99 Å². The van der Waals surface area contributed by atoms with Crippen LogP contribution in [0.5, 0.6) is 0 Å². The summed E-state index contributed by atoms with van der Waals surface area (Å²) in [4.78, 5) is 15.8. The summed E-state index contributed by atoms with van der Waals surface area (Å²) in [6.07, 6.45) is 1.70. The molecule has 92 valence electrons. The van der Waals surface area contributed by atoms with Crippen molar-refractivity contribution in [3.63, 3.8) is 0 Å². The maximum Gasteiger partial charge on any atom is 0.330 e. The Labute approximate surface area is 110 Å². The van der Waals surface area contributed by atoms with Crippen molar-refractivity contribution >= 4 is 28.1 Å². The van der Waals surface area contributed by atoms with Gasteiger partial charge in [-0.25, -0.2) is 4.79 Å². The third-order valence-electron chi connectivity index (χ3n) is 2.31. The summed E-state index contributed by atoms with van der Waals surface area (Å²) in [5, 5.41) is 0. The molecule has 1 unspecified atom stereocenters. The van der Waals surface area contributed by atoms with E-state index in [4.69, 9.17) is 4.74 Å². The highest BCUT2D eigenvalue weighted by molar-refractivity contribution is 9.10. The summed E-state index contributed by atoms with van der Waals surface area (Å²) < 4.78 is 5.71. The number of benzene rings is 1. The van der Waals surface area contributed by atoms with E-state index in [0.717, 1.165) is 10.0 Å². The largest absolute Gasteiger partial charge is 0.467 e.